The van der Waals surface area contributed by atoms with Crippen molar-refractivity contribution in [1.82, 2.24) is 19.9 Å². The maximum absolute atomic E-state index is 13.7. The first kappa shape index (κ1) is 27.8. The van der Waals surface area contributed by atoms with E-state index >= 15 is 0 Å². The van der Waals surface area contributed by atoms with Gasteiger partial charge in [-0.1, -0.05) is 13.8 Å². The fourth-order valence-corrected chi connectivity index (χ4v) is 5.41. The molecule has 1 atom stereocenters. The molecule has 2 aromatic heterocycles. The molecule has 0 aromatic carbocycles. The standard InChI is InChI=1S/C28H40N6O4/c1-17(2)24-25(29-9-7-20-8-12-38-15-20)30-14-21(32-24)26(35)34-11-10-33(16-28(34,5)6)22-13-18(3)23(27(36)37)19(4)31-22/h13-14,17,20H,7-12,15-16H2,1-6H3,(H,29,30)(H,36,37). The molecule has 1 unspecified atom stereocenters. The smallest absolute Gasteiger partial charge is 0.337 e. The minimum atomic E-state index is -0.971. The zero-order valence-corrected chi connectivity index (χ0v) is 23.4. The molecular weight excluding hydrogens is 484 g/mol. The second-order valence-electron chi connectivity index (χ2n) is 11.3. The molecule has 0 spiro atoms. The third kappa shape index (κ3) is 5.90. The van der Waals surface area contributed by atoms with Crippen molar-refractivity contribution >= 4 is 23.5 Å². The first-order valence-corrected chi connectivity index (χ1v) is 13.4. The summed E-state index contributed by atoms with van der Waals surface area (Å²) in [5.41, 5.74) is 2.06. The third-order valence-electron chi connectivity index (χ3n) is 7.50. The summed E-state index contributed by atoms with van der Waals surface area (Å²) in [4.78, 5) is 43.1. The number of pyridine rings is 1. The van der Waals surface area contributed by atoms with Gasteiger partial charge >= 0.3 is 5.97 Å². The second kappa shape index (κ2) is 11.2. The maximum atomic E-state index is 13.7. The Morgan fingerprint density at radius 1 is 1.24 bits per heavy atom. The van der Waals surface area contributed by atoms with Crippen LogP contribution in [0.2, 0.25) is 0 Å². The molecule has 2 aromatic rings. The van der Waals surface area contributed by atoms with E-state index in [-0.39, 0.29) is 17.4 Å². The van der Waals surface area contributed by atoms with E-state index in [2.05, 4.69) is 34.0 Å². The van der Waals surface area contributed by atoms with E-state index in [1.165, 1.54) is 0 Å². The molecule has 2 fully saturated rings. The van der Waals surface area contributed by atoms with E-state index in [1.54, 1.807) is 20.0 Å². The van der Waals surface area contributed by atoms with Crippen LogP contribution in [-0.4, -0.2) is 81.8 Å². The second-order valence-corrected chi connectivity index (χ2v) is 11.3. The Kier molecular flexibility index (Phi) is 8.20. The SMILES string of the molecule is Cc1cc(N2CCN(C(=O)c3cnc(NCCC4CCOC4)c(C(C)C)n3)C(C)(C)C2)nc(C)c1C(=O)O. The predicted molar refractivity (Wildman–Crippen MR) is 146 cm³/mol. The number of hydrogen-bond acceptors (Lipinski definition) is 8. The number of hydrogen-bond donors (Lipinski definition) is 2. The summed E-state index contributed by atoms with van der Waals surface area (Å²) >= 11 is 0. The fourth-order valence-electron chi connectivity index (χ4n) is 5.41. The molecule has 2 aliphatic rings. The molecule has 10 nitrogen and oxygen atoms in total. The van der Waals surface area contributed by atoms with E-state index < -0.39 is 11.5 Å². The molecule has 0 bridgehead atoms. The van der Waals surface area contributed by atoms with Crippen LogP contribution in [0.3, 0.4) is 0 Å². The molecule has 4 rings (SSSR count). The van der Waals surface area contributed by atoms with Gasteiger partial charge in [0.25, 0.3) is 5.91 Å². The van der Waals surface area contributed by atoms with E-state index in [0.717, 1.165) is 49.9 Å². The summed E-state index contributed by atoms with van der Waals surface area (Å²) in [5, 5.41) is 12.9. The Bertz CT molecular complexity index is 1170. The Hall–Kier alpha value is -3.27. The Morgan fingerprint density at radius 2 is 2.00 bits per heavy atom. The number of nitrogens with zero attached hydrogens (tertiary/aromatic N) is 5. The number of carbonyl (C=O) groups is 2. The van der Waals surface area contributed by atoms with Crippen LogP contribution in [0, 0.1) is 19.8 Å². The lowest BCUT2D eigenvalue weighted by atomic mass is 9.97. The van der Waals surface area contributed by atoms with E-state index in [0.29, 0.717) is 42.5 Å². The number of carboxylic acids is 1. The summed E-state index contributed by atoms with van der Waals surface area (Å²) in [7, 11) is 0. The van der Waals surface area contributed by atoms with Crippen molar-refractivity contribution < 1.29 is 19.4 Å². The van der Waals surface area contributed by atoms with Gasteiger partial charge < -0.3 is 25.0 Å². The van der Waals surface area contributed by atoms with Crippen molar-refractivity contribution in [2.75, 3.05) is 49.6 Å². The minimum Gasteiger partial charge on any atom is -0.478 e. The number of ether oxygens (including phenoxy) is 1. The van der Waals surface area contributed by atoms with Gasteiger partial charge in [-0.25, -0.2) is 19.7 Å². The molecule has 2 saturated heterocycles. The van der Waals surface area contributed by atoms with Crippen LogP contribution in [0.4, 0.5) is 11.6 Å². The summed E-state index contributed by atoms with van der Waals surface area (Å²) in [6, 6.07) is 1.82. The van der Waals surface area contributed by atoms with Gasteiger partial charge in [-0.05, 0) is 64.0 Å². The average Bonchev–Trinajstić information content (AvgIpc) is 3.36. The van der Waals surface area contributed by atoms with Crippen molar-refractivity contribution in [3.8, 4) is 0 Å². The van der Waals surface area contributed by atoms with Crippen molar-refractivity contribution in [3.63, 3.8) is 0 Å². The number of amides is 1. The molecule has 2 aliphatic heterocycles. The van der Waals surface area contributed by atoms with Crippen LogP contribution in [0.5, 0.6) is 0 Å². The lowest BCUT2D eigenvalue weighted by Gasteiger charge is -2.47. The van der Waals surface area contributed by atoms with Crippen molar-refractivity contribution in [3.05, 3.63) is 40.5 Å². The largest absolute Gasteiger partial charge is 0.478 e. The third-order valence-corrected chi connectivity index (χ3v) is 7.50. The van der Waals surface area contributed by atoms with E-state index in [9.17, 15) is 14.7 Å². The summed E-state index contributed by atoms with van der Waals surface area (Å²) in [5.74, 6) is 1.05. The van der Waals surface area contributed by atoms with Gasteiger partial charge in [0.05, 0.1) is 28.7 Å². The molecule has 10 heteroatoms. The Labute approximate surface area is 224 Å². The first-order chi connectivity index (χ1) is 18.0. The number of piperazine rings is 1. The van der Waals surface area contributed by atoms with Crippen LogP contribution in [-0.2, 0) is 4.74 Å². The molecule has 206 valence electrons. The molecule has 4 heterocycles. The highest BCUT2D eigenvalue weighted by atomic mass is 16.5. The normalized spacial score (nSPS) is 19.2. The lowest BCUT2D eigenvalue weighted by molar-refractivity contribution is 0.0506. The van der Waals surface area contributed by atoms with Gasteiger partial charge in [0.1, 0.15) is 17.3 Å². The number of aromatic nitrogens is 3. The number of rotatable bonds is 8. The van der Waals surface area contributed by atoms with Crippen LogP contribution in [0.25, 0.3) is 0 Å². The highest BCUT2D eigenvalue weighted by molar-refractivity contribution is 5.93. The van der Waals surface area contributed by atoms with Crippen molar-refractivity contribution in [2.24, 2.45) is 5.92 Å². The average molecular weight is 525 g/mol. The fraction of sp³-hybridized carbons (Fsp3) is 0.607. The number of nitrogens with one attached hydrogen (secondary N) is 1. The monoisotopic (exact) mass is 524 g/mol. The summed E-state index contributed by atoms with van der Waals surface area (Å²) in [6.07, 6.45) is 3.70. The van der Waals surface area contributed by atoms with Crippen LogP contribution >= 0.6 is 0 Å². The van der Waals surface area contributed by atoms with Gasteiger partial charge in [-0.3, -0.25) is 4.79 Å². The molecule has 0 radical (unpaired) electrons. The highest BCUT2D eigenvalue weighted by Gasteiger charge is 2.38. The zero-order chi connectivity index (χ0) is 27.6. The number of carbonyl (C=O) groups excluding carboxylic acids is 1. The Morgan fingerprint density at radius 3 is 2.61 bits per heavy atom. The van der Waals surface area contributed by atoms with Gasteiger partial charge in [-0.2, -0.15) is 0 Å². The minimum absolute atomic E-state index is 0.115. The number of aromatic carboxylic acids is 1. The van der Waals surface area contributed by atoms with Crippen LogP contribution in [0.15, 0.2) is 12.3 Å². The summed E-state index contributed by atoms with van der Waals surface area (Å²) < 4.78 is 5.47. The molecular formula is C28H40N6O4. The summed E-state index contributed by atoms with van der Waals surface area (Å²) in [6.45, 7) is 15.8. The first-order valence-electron chi connectivity index (χ1n) is 13.4. The van der Waals surface area contributed by atoms with Gasteiger partial charge in [-0.15, -0.1) is 0 Å². The maximum Gasteiger partial charge on any atom is 0.337 e. The molecule has 38 heavy (non-hydrogen) atoms. The molecule has 2 N–H and O–H groups in total. The van der Waals surface area contributed by atoms with Crippen LogP contribution < -0.4 is 10.2 Å². The quantitative estimate of drug-likeness (QED) is 0.530. The molecule has 0 aliphatic carbocycles. The lowest BCUT2D eigenvalue weighted by Crippen LogP contribution is -2.61. The van der Waals surface area contributed by atoms with Gasteiger partial charge in [0.2, 0.25) is 0 Å². The van der Waals surface area contributed by atoms with Crippen LogP contribution in [0.1, 0.15) is 84.3 Å². The molecule has 1 amide bonds. The zero-order valence-electron chi connectivity index (χ0n) is 23.4. The van der Waals surface area contributed by atoms with Crippen molar-refractivity contribution in [2.45, 2.75) is 65.8 Å². The predicted octanol–water partition coefficient (Wildman–Crippen LogP) is 3.89. The van der Waals surface area contributed by atoms with E-state index in [1.807, 2.05) is 24.8 Å². The Balaban J connectivity index is 1.47. The van der Waals surface area contributed by atoms with Gasteiger partial charge in [0.15, 0.2) is 0 Å². The number of aryl methyl sites for hydroxylation is 2. The number of anilines is 2. The van der Waals surface area contributed by atoms with E-state index in [4.69, 9.17) is 9.72 Å². The number of carboxylic acid groups (broad SMARTS) is 1. The van der Waals surface area contributed by atoms with Crippen molar-refractivity contribution in [1.29, 1.82) is 0 Å². The topological polar surface area (TPSA) is 121 Å². The highest BCUT2D eigenvalue weighted by Crippen LogP contribution is 2.29. The van der Waals surface area contributed by atoms with Gasteiger partial charge in [0, 0.05) is 39.4 Å². The molecule has 0 saturated carbocycles.